The van der Waals surface area contributed by atoms with Crippen LogP contribution >= 0.6 is 11.6 Å². The highest BCUT2D eigenvalue weighted by molar-refractivity contribution is 6.32. The fraction of sp³-hybridized carbons (Fsp3) is 0.105. The number of nitrogens with zero attached hydrogens (tertiary/aromatic N) is 3. The molecule has 4 rings (SSSR count). The van der Waals surface area contributed by atoms with Crippen LogP contribution in [0.5, 0.6) is 5.75 Å². The van der Waals surface area contributed by atoms with Gasteiger partial charge in [0.2, 0.25) is 0 Å². The van der Waals surface area contributed by atoms with Crippen molar-refractivity contribution in [1.29, 1.82) is 0 Å². The van der Waals surface area contributed by atoms with E-state index in [2.05, 4.69) is 15.4 Å². The molecule has 0 fully saturated rings. The second-order valence-corrected chi connectivity index (χ2v) is 6.10. The summed E-state index contributed by atoms with van der Waals surface area (Å²) < 4.78 is 29.6. The second-order valence-electron chi connectivity index (χ2n) is 5.69. The van der Waals surface area contributed by atoms with Crippen molar-refractivity contribution in [2.75, 3.05) is 0 Å². The Labute approximate surface area is 158 Å². The van der Waals surface area contributed by atoms with Gasteiger partial charge in [-0.05, 0) is 25.1 Å². The van der Waals surface area contributed by atoms with Crippen LogP contribution in [0, 0.1) is 12.7 Å². The van der Waals surface area contributed by atoms with Gasteiger partial charge in [0.15, 0.2) is 6.61 Å². The van der Waals surface area contributed by atoms with Crippen molar-refractivity contribution in [3.63, 3.8) is 0 Å². The molecule has 0 atom stereocenters. The van der Waals surface area contributed by atoms with E-state index < -0.39 is 5.82 Å². The van der Waals surface area contributed by atoms with Crippen LogP contribution in [0.4, 0.5) is 4.39 Å². The molecule has 2 aromatic carbocycles. The number of aromatic nitrogens is 3. The van der Waals surface area contributed by atoms with Crippen LogP contribution in [0.1, 0.15) is 11.7 Å². The van der Waals surface area contributed by atoms with E-state index in [4.69, 9.17) is 25.3 Å². The normalized spacial score (nSPS) is 10.9. The van der Waals surface area contributed by atoms with Crippen LogP contribution in [-0.4, -0.2) is 15.4 Å². The largest absolute Gasteiger partial charge is 0.482 e. The minimum absolute atomic E-state index is 0.0106. The van der Waals surface area contributed by atoms with Crippen molar-refractivity contribution < 1.29 is 18.1 Å². The Balaban J connectivity index is 1.58. The molecule has 8 heteroatoms. The number of benzene rings is 2. The molecule has 0 unspecified atom stereocenters. The average Bonchev–Trinajstić information content (AvgIpc) is 3.28. The molecule has 0 aliphatic carbocycles. The lowest BCUT2D eigenvalue weighted by atomic mass is 10.1. The molecule has 0 N–H and O–H groups in total. The van der Waals surface area contributed by atoms with Crippen LogP contribution in [-0.2, 0) is 6.61 Å². The highest BCUT2D eigenvalue weighted by Crippen LogP contribution is 2.33. The predicted octanol–water partition coefficient (Wildman–Crippen LogP) is 5.07. The fourth-order valence-electron chi connectivity index (χ4n) is 2.56. The zero-order valence-electron chi connectivity index (χ0n) is 14.1. The van der Waals surface area contributed by atoms with Gasteiger partial charge in [0.05, 0.1) is 5.02 Å². The minimum Gasteiger partial charge on any atom is -0.482 e. The maximum absolute atomic E-state index is 13.1. The number of ether oxygens (including phenoxy) is 1. The zero-order valence-corrected chi connectivity index (χ0v) is 14.9. The number of hydrogen-bond donors (Lipinski definition) is 0. The summed E-state index contributed by atoms with van der Waals surface area (Å²) in [5, 5.41) is 12.3. The quantitative estimate of drug-likeness (QED) is 0.477. The first-order chi connectivity index (χ1) is 13.1. The Morgan fingerprint density at radius 3 is 2.70 bits per heavy atom. The molecule has 6 nitrogen and oxygen atoms in total. The Hall–Kier alpha value is -3.19. The third-order valence-corrected chi connectivity index (χ3v) is 4.13. The first-order valence-corrected chi connectivity index (χ1v) is 8.42. The summed E-state index contributed by atoms with van der Waals surface area (Å²) in [6.07, 6.45) is 0. The number of rotatable bonds is 5. The maximum Gasteiger partial charge on any atom is 0.254 e. The first kappa shape index (κ1) is 17.2. The van der Waals surface area contributed by atoms with Crippen LogP contribution < -0.4 is 4.74 Å². The van der Waals surface area contributed by atoms with Gasteiger partial charge < -0.3 is 13.7 Å². The van der Waals surface area contributed by atoms with E-state index in [1.165, 1.54) is 18.2 Å². The lowest BCUT2D eigenvalue weighted by molar-refractivity contribution is 0.264. The van der Waals surface area contributed by atoms with Gasteiger partial charge in [0.1, 0.15) is 28.6 Å². The summed E-state index contributed by atoms with van der Waals surface area (Å²) in [4.78, 5) is 0. The van der Waals surface area contributed by atoms with E-state index in [-0.39, 0.29) is 23.4 Å². The highest BCUT2D eigenvalue weighted by Gasteiger charge is 2.22. The van der Waals surface area contributed by atoms with Crippen LogP contribution in [0.25, 0.3) is 22.7 Å². The average molecular weight is 386 g/mol. The summed E-state index contributed by atoms with van der Waals surface area (Å²) in [7, 11) is 0. The highest BCUT2D eigenvalue weighted by atomic mass is 35.5. The SMILES string of the molecule is Cc1onc(-c2ccccc2)c1-c1nnc(COc2ccc(F)cc2Cl)o1. The third kappa shape index (κ3) is 3.54. The van der Waals surface area contributed by atoms with Crippen molar-refractivity contribution in [2.24, 2.45) is 0 Å². The van der Waals surface area contributed by atoms with Crippen molar-refractivity contribution in [3.8, 4) is 28.5 Å². The Bertz CT molecular complexity index is 1080. The molecule has 2 heterocycles. The van der Waals surface area contributed by atoms with Crippen molar-refractivity contribution in [3.05, 3.63) is 71.0 Å². The molecule has 0 radical (unpaired) electrons. The van der Waals surface area contributed by atoms with E-state index in [1.54, 1.807) is 6.92 Å². The molecule has 0 saturated heterocycles. The van der Waals surface area contributed by atoms with Crippen LogP contribution in [0.2, 0.25) is 5.02 Å². The fourth-order valence-corrected chi connectivity index (χ4v) is 2.78. The van der Waals surface area contributed by atoms with Gasteiger partial charge in [-0.25, -0.2) is 4.39 Å². The number of halogens is 2. The van der Waals surface area contributed by atoms with E-state index >= 15 is 0 Å². The molecule has 0 amide bonds. The van der Waals surface area contributed by atoms with E-state index in [0.717, 1.165) is 5.56 Å². The first-order valence-electron chi connectivity index (χ1n) is 8.04. The molecule has 2 aromatic heterocycles. The number of hydrogen-bond acceptors (Lipinski definition) is 6. The van der Waals surface area contributed by atoms with Gasteiger partial charge in [0.25, 0.3) is 11.8 Å². The lowest BCUT2D eigenvalue weighted by Crippen LogP contribution is -1.96. The number of aryl methyl sites for hydroxylation is 1. The zero-order chi connectivity index (χ0) is 18.8. The summed E-state index contributed by atoms with van der Waals surface area (Å²) in [6, 6.07) is 13.4. The van der Waals surface area contributed by atoms with Gasteiger partial charge in [-0.1, -0.05) is 47.1 Å². The van der Waals surface area contributed by atoms with Gasteiger partial charge >= 0.3 is 0 Å². The van der Waals surface area contributed by atoms with Gasteiger partial charge in [-0.15, -0.1) is 10.2 Å². The maximum atomic E-state index is 13.1. The summed E-state index contributed by atoms with van der Waals surface area (Å²) in [5.74, 6) is 0.959. The standard InChI is InChI=1S/C19H13ClFN3O3/c1-11-17(18(24-27-11)12-5-3-2-4-6-12)19-23-22-16(26-19)10-25-15-8-7-13(21)9-14(15)20/h2-9H,10H2,1H3. The van der Waals surface area contributed by atoms with Gasteiger partial charge in [-0.2, -0.15) is 0 Å². The molecule has 4 aromatic rings. The summed E-state index contributed by atoms with van der Waals surface area (Å²) in [6.45, 7) is 1.76. The van der Waals surface area contributed by atoms with Gasteiger partial charge in [0, 0.05) is 5.56 Å². The Morgan fingerprint density at radius 2 is 1.93 bits per heavy atom. The molecule has 0 bridgehead atoms. The molecular weight excluding hydrogens is 373 g/mol. The van der Waals surface area contributed by atoms with E-state index in [0.29, 0.717) is 22.8 Å². The predicted molar refractivity (Wildman–Crippen MR) is 95.7 cm³/mol. The van der Waals surface area contributed by atoms with E-state index in [1.807, 2.05) is 30.3 Å². The molecule has 136 valence electrons. The van der Waals surface area contributed by atoms with Crippen LogP contribution in [0.15, 0.2) is 57.5 Å². The molecule has 0 aliphatic heterocycles. The monoisotopic (exact) mass is 385 g/mol. The molecule has 27 heavy (non-hydrogen) atoms. The molecule has 0 aliphatic rings. The smallest absolute Gasteiger partial charge is 0.254 e. The van der Waals surface area contributed by atoms with Crippen molar-refractivity contribution in [1.82, 2.24) is 15.4 Å². The summed E-state index contributed by atoms with van der Waals surface area (Å²) in [5.41, 5.74) is 2.11. The molecule has 0 spiro atoms. The lowest BCUT2D eigenvalue weighted by Gasteiger charge is -2.05. The van der Waals surface area contributed by atoms with Crippen molar-refractivity contribution >= 4 is 11.6 Å². The third-order valence-electron chi connectivity index (χ3n) is 3.84. The van der Waals surface area contributed by atoms with E-state index in [9.17, 15) is 4.39 Å². The molecular formula is C19H13ClFN3O3. The topological polar surface area (TPSA) is 74.2 Å². The molecule has 0 saturated carbocycles. The van der Waals surface area contributed by atoms with Gasteiger partial charge in [-0.3, -0.25) is 0 Å². The second kappa shape index (κ2) is 7.20. The van der Waals surface area contributed by atoms with Crippen LogP contribution in [0.3, 0.4) is 0 Å². The minimum atomic E-state index is -0.441. The summed E-state index contributed by atoms with van der Waals surface area (Å²) >= 11 is 5.94. The Kier molecular flexibility index (Phi) is 4.60. The van der Waals surface area contributed by atoms with Crippen molar-refractivity contribution in [2.45, 2.75) is 13.5 Å². The Morgan fingerprint density at radius 1 is 1.11 bits per heavy atom.